The Hall–Kier alpha value is -5.32. The van der Waals surface area contributed by atoms with E-state index in [4.69, 9.17) is 11.6 Å². The highest BCUT2D eigenvalue weighted by atomic mass is 35.5. The number of carbonyl (C=O) groups excluding carboxylic acids is 3. The average molecular weight is 700 g/mol. The molecule has 0 saturated carbocycles. The van der Waals surface area contributed by atoms with Gasteiger partial charge in [-0.15, -0.1) is 11.8 Å². The van der Waals surface area contributed by atoms with Gasteiger partial charge >= 0.3 is 6.18 Å². The van der Waals surface area contributed by atoms with E-state index in [0.29, 0.717) is 21.7 Å². The van der Waals surface area contributed by atoms with Crippen LogP contribution in [-0.4, -0.2) is 23.0 Å². The summed E-state index contributed by atoms with van der Waals surface area (Å²) in [4.78, 5) is 39.9. The van der Waals surface area contributed by atoms with Crippen LogP contribution in [0.4, 0.5) is 24.5 Å². The van der Waals surface area contributed by atoms with Gasteiger partial charge in [0.05, 0.1) is 21.5 Å². The van der Waals surface area contributed by atoms with E-state index in [1.807, 2.05) is 54.6 Å². The van der Waals surface area contributed by atoms with Crippen molar-refractivity contribution in [2.75, 3.05) is 10.6 Å². The molecule has 3 amide bonds. The molecule has 0 bridgehead atoms. The molecule has 0 fully saturated rings. The highest BCUT2D eigenvalue weighted by molar-refractivity contribution is 8.00. The average Bonchev–Trinajstić information content (AvgIpc) is 3.10. The lowest BCUT2D eigenvalue weighted by Gasteiger charge is -2.15. The second-order valence-electron chi connectivity index (χ2n) is 10.8. The summed E-state index contributed by atoms with van der Waals surface area (Å²) in [6.45, 7) is 1.61. The van der Waals surface area contributed by atoms with Gasteiger partial charge < -0.3 is 16.0 Å². The number of hydrogen-bond donors (Lipinski definition) is 3. The Labute approximate surface area is 290 Å². The maximum Gasteiger partial charge on any atom is 0.416 e. The molecule has 6 nitrogen and oxygen atoms in total. The molecule has 11 heteroatoms. The third-order valence-corrected chi connectivity index (χ3v) is 8.64. The molecule has 0 aliphatic rings. The Morgan fingerprint density at radius 2 is 1.37 bits per heavy atom. The van der Waals surface area contributed by atoms with Crippen LogP contribution < -0.4 is 16.0 Å². The molecule has 0 aromatic heterocycles. The van der Waals surface area contributed by atoms with Gasteiger partial charge in [-0.3, -0.25) is 14.4 Å². The largest absolute Gasteiger partial charge is 0.416 e. The highest BCUT2D eigenvalue weighted by Gasteiger charge is 2.31. The highest BCUT2D eigenvalue weighted by Crippen LogP contribution is 2.34. The zero-order chi connectivity index (χ0) is 35.0. The lowest BCUT2D eigenvalue weighted by Crippen LogP contribution is -2.30. The second kappa shape index (κ2) is 15.7. The number of thioether (sulfide) groups is 1. The fraction of sp³-hybridized carbons (Fsp3) is 0.0789. The standard InChI is InChI=1S/C38H29ClF3N3O3S/c1-24(35(46)44-33-23-29(38(40,41)42)16-21-32(33)39)49-31-19-17-30(18-20-31)43-37(48)34(45-36(47)28-10-6-3-7-11-28)22-25-12-14-27(15-13-25)26-8-4-2-5-9-26/h2-24H,1H3,(H,43,48)(H,44,46)(H,45,47)/b34-22-. The summed E-state index contributed by atoms with van der Waals surface area (Å²) >= 11 is 7.19. The smallest absolute Gasteiger partial charge is 0.324 e. The summed E-state index contributed by atoms with van der Waals surface area (Å²) in [6.07, 6.45) is -2.99. The summed E-state index contributed by atoms with van der Waals surface area (Å²) in [5, 5.41) is 7.27. The van der Waals surface area contributed by atoms with E-state index in [-0.39, 0.29) is 16.4 Å². The van der Waals surface area contributed by atoms with Crippen molar-refractivity contribution in [2.24, 2.45) is 0 Å². The number of alkyl halides is 3. The van der Waals surface area contributed by atoms with E-state index in [2.05, 4.69) is 16.0 Å². The Bertz CT molecular complexity index is 1970. The van der Waals surface area contributed by atoms with Crippen LogP contribution in [0.2, 0.25) is 5.02 Å². The zero-order valence-corrected chi connectivity index (χ0v) is 27.5. The fourth-order valence-corrected chi connectivity index (χ4v) is 5.65. The molecule has 1 unspecified atom stereocenters. The van der Waals surface area contributed by atoms with Crippen molar-refractivity contribution in [3.05, 3.63) is 155 Å². The molecule has 0 spiro atoms. The van der Waals surface area contributed by atoms with Gasteiger partial charge in [0.25, 0.3) is 11.8 Å². The number of anilines is 2. The third-order valence-electron chi connectivity index (χ3n) is 7.20. The van der Waals surface area contributed by atoms with Crippen molar-refractivity contribution in [3.8, 4) is 11.1 Å². The van der Waals surface area contributed by atoms with Gasteiger partial charge in [-0.1, -0.05) is 84.4 Å². The van der Waals surface area contributed by atoms with Crippen molar-refractivity contribution in [3.63, 3.8) is 0 Å². The van der Waals surface area contributed by atoms with Crippen LogP contribution in [0, 0.1) is 0 Å². The van der Waals surface area contributed by atoms with Gasteiger partial charge in [0.1, 0.15) is 5.70 Å². The Morgan fingerprint density at radius 3 is 2.00 bits per heavy atom. The number of hydrogen-bond acceptors (Lipinski definition) is 4. The summed E-state index contributed by atoms with van der Waals surface area (Å²) in [5.41, 5.74) is 2.52. The fourth-order valence-electron chi connectivity index (χ4n) is 4.62. The summed E-state index contributed by atoms with van der Waals surface area (Å²) in [6, 6.07) is 35.3. The van der Waals surface area contributed by atoms with Crippen molar-refractivity contribution in [2.45, 2.75) is 23.2 Å². The summed E-state index contributed by atoms with van der Waals surface area (Å²) in [5.74, 6) is -1.54. The molecule has 1 atom stereocenters. The van der Waals surface area contributed by atoms with Crippen molar-refractivity contribution in [1.29, 1.82) is 0 Å². The number of benzene rings is 5. The first-order valence-electron chi connectivity index (χ1n) is 15.0. The van der Waals surface area contributed by atoms with Crippen LogP contribution in [0.15, 0.2) is 138 Å². The number of carbonyl (C=O) groups is 3. The molecule has 0 heterocycles. The zero-order valence-electron chi connectivity index (χ0n) is 25.9. The molecule has 0 saturated heterocycles. The molecule has 0 aliphatic heterocycles. The predicted molar refractivity (Wildman–Crippen MR) is 189 cm³/mol. The van der Waals surface area contributed by atoms with Gasteiger partial charge in [0.2, 0.25) is 5.91 Å². The number of halogens is 4. The number of nitrogens with one attached hydrogen (secondary N) is 3. The maximum absolute atomic E-state index is 13.5. The Morgan fingerprint density at radius 1 is 0.755 bits per heavy atom. The molecule has 5 aromatic rings. The predicted octanol–water partition coefficient (Wildman–Crippen LogP) is 9.55. The van der Waals surface area contributed by atoms with E-state index >= 15 is 0 Å². The number of rotatable bonds is 10. The van der Waals surface area contributed by atoms with Gasteiger partial charge in [-0.05, 0) is 84.3 Å². The SMILES string of the molecule is CC(Sc1ccc(NC(=O)/C(=C/c2ccc(-c3ccccc3)cc2)NC(=O)c2ccccc2)cc1)C(=O)Nc1cc(C(F)(F)F)ccc1Cl. The maximum atomic E-state index is 13.5. The molecule has 248 valence electrons. The van der Waals surface area contributed by atoms with Crippen LogP contribution in [0.1, 0.15) is 28.4 Å². The molecule has 5 aromatic carbocycles. The molecule has 5 rings (SSSR count). The second-order valence-corrected chi connectivity index (χ2v) is 12.6. The molecular weight excluding hydrogens is 671 g/mol. The molecule has 0 aliphatic carbocycles. The van der Waals surface area contributed by atoms with E-state index in [9.17, 15) is 27.6 Å². The lowest BCUT2D eigenvalue weighted by molar-refractivity contribution is -0.137. The van der Waals surface area contributed by atoms with E-state index < -0.39 is 34.7 Å². The van der Waals surface area contributed by atoms with Crippen LogP contribution in [0.3, 0.4) is 0 Å². The van der Waals surface area contributed by atoms with Crippen molar-refractivity contribution in [1.82, 2.24) is 5.32 Å². The Kier molecular flexibility index (Phi) is 11.2. The van der Waals surface area contributed by atoms with Crippen LogP contribution in [0.5, 0.6) is 0 Å². The van der Waals surface area contributed by atoms with Gasteiger partial charge in [0.15, 0.2) is 0 Å². The first kappa shape index (κ1) is 35.0. The number of amides is 3. The van der Waals surface area contributed by atoms with E-state index in [1.54, 1.807) is 67.6 Å². The minimum atomic E-state index is -4.58. The topological polar surface area (TPSA) is 87.3 Å². The minimum Gasteiger partial charge on any atom is -0.324 e. The minimum absolute atomic E-state index is 0.0174. The van der Waals surface area contributed by atoms with Gasteiger partial charge in [-0.25, -0.2) is 0 Å². The van der Waals surface area contributed by atoms with Crippen LogP contribution >= 0.6 is 23.4 Å². The Balaban J connectivity index is 1.27. The first-order valence-corrected chi connectivity index (χ1v) is 16.2. The lowest BCUT2D eigenvalue weighted by atomic mass is 10.0. The quantitative estimate of drug-likeness (QED) is 0.100. The van der Waals surface area contributed by atoms with E-state index in [0.717, 1.165) is 29.3 Å². The summed E-state index contributed by atoms with van der Waals surface area (Å²) in [7, 11) is 0. The van der Waals surface area contributed by atoms with Crippen LogP contribution in [0.25, 0.3) is 17.2 Å². The monoisotopic (exact) mass is 699 g/mol. The van der Waals surface area contributed by atoms with Gasteiger partial charge in [0, 0.05) is 16.1 Å². The summed E-state index contributed by atoms with van der Waals surface area (Å²) < 4.78 is 39.4. The van der Waals surface area contributed by atoms with Gasteiger partial charge in [-0.2, -0.15) is 13.2 Å². The third kappa shape index (κ3) is 9.62. The van der Waals surface area contributed by atoms with Crippen molar-refractivity contribution < 1.29 is 27.6 Å². The van der Waals surface area contributed by atoms with E-state index in [1.165, 1.54) is 11.8 Å². The normalized spacial score (nSPS) is 12.1. The van der Waals surface area contributed by atoms with Crippen LogP contribution in [-0.2, 0) is 15.8 Å². The molecule has 3 N–H and O–H groups in total. The molecular formula is C38H29ClF3N3O3S. The molecule has 0 radical (unpaired) electrons. The molecule has 49 heavy (non-hydrogen) atoms. The van der Waals surface area contributed by atoms with Crippen molar-refractivity contribution >= 4 is 58.5 Å². The first-order chi connectivity index (χ1) is 23.5.